The van der Waals surface area contributed by atoms with Crippen LogP contribution in [0.4, 0.5) is 5.69 Å². The van der Waals surface area contributed by atoms with Crippen molar-refractivity contribution in [2.75, 3.05) is 6.61 Å². The SMILES string of the molecule is CCOC(=O)C(=O)Oc1cc(C#N)c(C)cc1[N+](=O)[O-]. The van der Waals surface area contributed by atoms with Crippen molar-refractivity contribution in [3.63, 3.8) is 0 Å². The van der Waals surface area contributed by atoms with Crippen LogP contribution in [0.3, 0.4) is 0 Å². The van der Waals surface area contributed by atoms with Crippen LogP contribution in [0.15, 0.2) is 12.1 Å². The van der Waals surface area contributed by atoms with Gasteiger partial charge < -0.3 is 9.47 Å². The number of carbonyl (C=O) groups is 2. The first-order chi connectivity index (χ1) is 9.40. The smallest absolute Gasteiger partial charge is 0.423 e. The zero-order chi connectivity index (χ0) is 15.3. The van der Waals surface area contributed by atoms with Crippen molar-refractivity contribution >= 4 is 17.6 Å². The molecule has 0 aliphatic carbocycles. The van der Waals surface area contributed by atoms with Gasteiger partial charge >= 0.3 is 17.6 Å². The molecule has 0 aliphatic rings. The fourth-order valence-corrected chi connectivity index (χ4v) is 1.35. The Bertz CT molecular complexity index is 617. The van der Waals surface area contributed by atoms with Crippen molar-refractivity contribution in [3.05, 3.63) is 33.4 Å². The highest BCUT2D eigenvalue weighted by atomic mass is 16.6. The Labute approximate surface area is 113 Å². The molecule has 8 heteroatoms. The molecule has 1 aromatic carbocycles. The molecule has 104 valence electrons. The van der Waals surface area contributed by atoms with E-state index in [9.17, 15) is 19.7 Å². The van der Waals surface area contributed by atoms with Gasteiger partial charge in [0.25, 0.3) is 0 Å². The fraction of sp³-hybridized carbons (Fsp3) is 0.250. The number of nitro groups is 1. The van der Waals surface area contributed by atoms with Crippen molar-refractivity contribution in [1.82, 2.24) is 0 Å². The van der Waals surface area contributed by atoms with Gasteiger partial charge in [-0.05, 0) is 19.4 Å². The lowest BCUT2D eigenvalue weighted by Crippen LogP contribution is -2.23. The molecule has 0 spiro atoms. The molecule has 0 unspecified atom stereocenters. The van der Waals surface area contributed by atoms with Crippen LogP contribution in [0, 0.1) is 28.4 Å². The van der Waals surface area contributed by atoms with E-state index in [-0.39, 0.29) is 12.2 Å². The maximum absolute atomic E-state index is 11.4. The molecule has 0 heterocycles. The molecular formula is C12H10N2O6. The number of ether oxygens (including phenoxy) is 2. The molecule has 0 fully saturated rings. The van der Waals surface area contributed by atoms with Crippen molar-refractivity contribution < 1.29 is 24.0 Å². The Morgan fingerprint density at radius 2 is 2.05 bits per heavy atom. The Hall–Kier alpha value is -2.95. The molecule has 1 rings (SSSR count). The summed E-state index contributed by atoms with van der Waals surface area (Å²) in [5.41, 5.74) is -0.0588. The van der Waals surface area contributed by atoms with Crippen LogP contribution >= 0.6 is 0 Å². The molecule has 0 N–H and O–H groups in total. The number of nitro benzene ring substituents is 1. The fourth-order valence-electron chi connectivity index (χ4n) is 1.35. The summed E-state index contributed by atoms with van der Waals surface area (Å²) in [6, 6.07) is 3.92. The van der Waals surface area contributed by atoms with E-state index in [0.29, 0.717) is 5.56 Å². The maximum atomic E-state index is 11.4. The van der Waals surface area contributed by atoms with Crippen LogP contribution in [0.1, 0.15) is 18.1 Å². The van der Waals surface area contributed by atoms with Crippen molar-refractivity contribution in [1.29, 1.82) is 5.26 Å². The minimum atomic E-state index is -1.39. The number of carbonyl (C=O) groups excluding carboxylic acids is 2. The lowest BCUT2D eigenvalue weighted by Gasteiger charge is -2.06. The highest BCUT2D eigenvalue weighted by molar-refractivity contribution is 6.30. The van der Waals surface area contributed by atoms with E-state index in [2.05, 4.69) is 9.47 Å². The summed E-state index contributed by atoms with van der Waals surface area (Å²) in [4.78, 5) is 32.6. The van der Waals surface area contributed by atoms with Crippen LogP contribution in [-0.2, 0) is 14.3 Å². The Kier molecular flexibility index (Phi) is 4.75. The minimum Gasteiger partial charge on any atom is -0.458 e. The Morgan fingerprint density at radius 3 is 2.55 bits per heavy atom. The molecule has 0 bridgehead atoms. The molecule has 0 amide bonds. The van der Waals surface area contributed by atoms with Crippen LogP contribution in [0.25, 0.3) is 0 Å². The number of aryl methyl sites for hydroxylation is 1. The van der Waals surface area contributed by atoms with Gasteiger partial charge in [-0.1, -0.05) is 0 Å². The number of hydrogen-bond acceptors (Lipinski definition) is 7. The maximum Gasteiger partial charge on any atom is 0.423 e. The van der Waals surface area contributed by atoms with E-state index in [1.807, 2.05) is 0 Å². The monoisotopic (exact) mass is 278 g/mol. The van der Waals surface area contributed by atoms with Gasteiger partial charge in [-0.25, -0.2) is 9.59 Å². The first kappa shape index (κ1) is 15.1. The van der Waals surface area contributed by atoms with Crippen LogP contribution in [-0.4, -0.2) is 23.5 Å². The summed E-state index contributed by atoms with van der Waals surface area (Å²) in [5, 5.41) is 19.7. The van der Waals surface area contributed by atoms with Gasteiger partial charge in [-0.2, -0.15) is 5.26 Å². The van der Waals surface area contributed by atoms with Crippen molar-refractivity contribution in [2.24, 2.45) is 0 Å². The number of nitrogens with zero attached hydrogens (tertiary/aromatic N) is 2. The number of nitriles is 1. The lowest BCUT2D eigenvalue weighted by molar-refractivity contribution is -0.385. The van der Waals surface area contributed by atoms with Crippen molar-refractivity contribution in [3.8, 4) is 11.8 Å². The highest BCUT2D eigenvalue weighted by Gasteiger charge is 2.24. The van der Waals surface area contributed by atoms with E-state index in [1.54, 1.807) is 6.07 Å². The molecule has 0 aliphatic heterocycles. The van der Waals surface area contributed by atoms with Crippen molar-refractivity contribution in [2.45, 2.75) is 13.8 Å². The van der Waals surface area contributed by atoms with Gasteiger partial charge in [0, 0.05) is 12.1 Å². The first-order valence-electron chi connectivity index (χ1n) is 5.48. The Balaban J connectivity index is 3.16. The third kappa shape index (κ3) is 3.29. The second kappa shape index (κ2) is 6.29. The van der Waals surface area contributed by atoms with Gasteiger partial charge in [0.2, 0.25) is 5.75 Å². The molecule has 20 heavy (non-hydrogen) atoms. The van der Waals surface area contributed by atoms with Gasteiger partial charge in [-0.15, -0.1) is 0 Å². The Morgan fingerprint density at radius 1 is 1.40 bits per heavy atom. The summed E-state index contributed by atoms with van der Waals surface area (Å²) in [6.07, 6.45) is 0. The molecule has 0 saturated carbocycles. The largest absolute Gasteiger partial charge is 0.458 e. The average Bonchev–Trinajstić information content (AvgIpc) is 2.40. The van der Waals surface area contributed by atoms with E-state index in [1.165, 1.54) is 13.8 Å². The number of rotatable bonds is 3. The summed E-state index contributed by atoms with van der Waals surface area (Å²) in [6.45, 7) is 2.96. The second-order valence-electron chi connectivity index (χ2n) is 3.61. The van der Waals surface area contributed by atoms with Crippen LogP contribution in [0.5, 0.6) is 5.75 Å². The standard InChI is InChI=1S/C12H10N2O6/c1-3-19-11(15)12(16)20-10-5-8(6-13)7(2)4-9(10)14(17)18/h4-5H,3H2,1-2H3. The molecule has 0 aromatic heterocycles. The summed E-state index contributed by atoms with van der Waals surface area (Å²) >= 11 is 0. The summed E-state index contributed by atoms with van der Waals surface area (Å²) in [7, 11) is 0. The molecule has 1 aromatic rings. The molecule has 0 atom stereocenters. The summed E-state index contributed by atoms with van der Waals surface area (Å²) in [5.74, 6) is -3.13. The summed E-state index contributed by atoms with van der Waals surface area (Å²) < 4.78 is 9.02. The molecule has 8 nitrogen and oxygen atoms in total. The number of esters is 2. The normalized spacial score (nSPS) is 9.45. The first-order valence-corrected chi connectivity index (χ1v) is 5.48. The predicted octanol–water partition coefficient (Wildman–Crippen LogP) is 1.24. The number of hydrogen-bond donors (Lipinski definition) is 0. The van der Waals surface area contributed by atoms with E-state index >= 15 is 0 Å². The zero-order valence-corrected chi connectivity index (χ0v) is 10.7. The molecular weight excluding hydrogens is 268 g/mol. The molecule has 0 saturated heterocycles. The van der Waals surface area contributed by atoms with Crippen LogP contribution < -0.4 is 4.74 Å². The van der Waals surface area contributed by atoms with Crippen LogP contribution in [0.2, 0.25) is 0 Å². The van der Waals surface area contributed by atoms with Gasteiger partial charge in [0.1, 0.15) is 0 Å². The highest BCUT2D eigenvalue weighted by Crippen LogP contribution is 2.30. The third-order valence-electron chi connectivity index (χ3n) is 2.27. The van der Waals surface area contributed by atoms with Gasteiger partial charge in [0.05, 0.1) is 23.2 Å². The average molecular weight is 278 g/mol. The lowest BCUT2D eigenvalue weighted by atomic mass is 10.1. The number of benzene rings is 1. The van der Waals surface area contributed by atoms with Gasteiger partial charge in [-0.3, -0.25) is 10.1 Å². The third-order valence-corrected chi connectivity index (χ3v) is 2.27. The quantitative estimate of drug-likeness (QED) is 0.268. The van der Waals surface area contributed by atoms with E-state index < -0.39 is 28.3 Å². The molecule has 0 radical (unpaired) electrons. The van der Waals surface area contributed by atoms with E-state index in [4.69, 9.17) is 5.26 Å². The minimum absolute atomic E-state index is 0.0344. The zero-order valence-electron chi connectivity index (χ0n) is 10.7. The predicted molar refractivity (Wildman–Crippen MR) is 64.8 cm³/mol. The van der Waals surface area contributed by atoms with E-state index in [0.717, 1.165) is 12.1 Å². The second-order valence-corrected chi connectivity index (χ2v) is 3.61. The topological polar surface area (TPSA) is 120 Å². The van der Waals surface area contributed by atoms with Gasteiger partial charge in [0.15, 0.2) is 0 Å².